The van der Waals surface area contributed by atoms with Crippen molar-refractivity contribution in [1.82, 2.24) is 0 Å². The molecule has 0 spiro atoms. The van der Waals surface area contributed by atoms with Crippen LogP contribution in [0.25, 0.3) is 28.4 Å². The van der Waals surface area contributed by atoms with Gasteiger partial charge in [0, 0.05) is 23.8 Å². The van der Waals surface area contributed by atoms with Gasteiger partial charge in [-0.25, -0.2) is 4.79 Å². The Bertz CT molecular complexity index is 2560. The van der Waals surface area contributed by atoms with E-state index in [9.17, 15) is 81.1 Å². The van der Waals surface area contributed by atoms with Gasteiger partial charge in [0.2, 0.25) is 29.5 Å². The van der Waals surface area contributed by atoms with Gasteiger partial charge in [-0.15, -0.1) is 0 Å². The third-order valence-electron chi connectivity index (χ3n) is 11.6. The zero-order valence-corrected chi connectivity index (χ0v) is 36.6. The van der Waals surface area contributed by atoms with Crippen molar-refractivity contribution in [3.8, 4) is 57.3 Å². The quantitative estimate of drug-likeness (QED) is 0.0316. The molecule has 0 radical (unpaired) electrons. The van der Waals surface area contributed by atoms with Gasteiger partial charge in [-0.3, -0.25) is 4.79 Å². The second-order valence-electron chi connectivity index (χ2n) is 16.1. The third-order valence-corrected chi connectivity index (χ3v) is 11.6. The fourth-order valence-corrected chi connectivity index (χ4v) is 7.71. The van der Waals surface area contributed by atoms with E-state index in [0.717, 1.165) is 36.4 Å². The number of esters is 1. The number of ether oxygens (including phenoxy) is 9. The molecule has 0 bridgehead atoms. The van der Waals surface area contributed by atoms with Crippen LogP contribution in [-0.2, 0) is 28.5 Å². The van der Waals surface area contributed by atoms with E-state index in [1.807, 2.05) is 0 Å². The molecule has 3 aliphatic rings. The fraction of sp³-hybridized carbons (Fsp3) is 0.455. The first-order valence-corrected chi connectivity index (χ1v) is 21.1. The summed E-state index contributed by atoms with van der Waals surface area (Å²) in [6.07, 6.45) is -26.2. The zero-order chi connectivity index (χ0) is 50.9. The lowest BCUT2D eigenvalue weighted by Gasteiger charge is -2.45. The number of carbonyl (C=O) groups excluding carboxylic acids is 1. The van der Waals surface area contributed by atoms with Gasteiger partial charge in [0.1, 0.15) is 96.2 Å². The summed E-state index contributed by atoms with van der Waals surface area (Å²) in [6.45, 7) is -2.56. The standard InChI is InChI=1S/C44H50O26/c1-61-22-7-15(8-23(62-2)29(22)51)3-6-27(50)63-14-26-32(54)35(57)38(60)43(68-26)70-41-36(58)31(53)25(13-46)67-44(41)69-40-33(55)28-20(49)10-17(64-42-37(59)34(56)30(52)24(12-45)66-42)11-21(28)65-39(40)16-4-5-18(47)19(48)9-16/h3-11,24-26,30-32,34-38,41-49,51-54,56-60H,12-14H2,1-2H3/b6-3+/t24-,25-,26-,30-,31-,32-,34+,35+,36+,37-,38-,41-,42-,43+,44+/m1/s1. The molecule has 26 heteroatoms. The van der Waals surface area contributed by atoms with E-state index in [4.69, 9.17) is 47.0 Å². The Morgan fingerprint density at radius 2 is 1.23 bits per heavy atom. The first-order chi connectivity index (χ1) is 33.3. The van der Waals surface area contributed by atoms with Crippen LogP contribution < -0.4 is 24.4 Å². The summed E-state index contributed by atoms with van der Waals surface area (Å²) in [5.41, 5.74) is -1.55. The summed E-state index contributed by atoms with van der Waals surface area (Å²) in [6, 6.07) is 7.71. The number of rotatable bonds is 15. The molecule has 3 saturated heterocycles. The second-order valence-corrected chi connectivity index (χ2v) is 16.1. The predicted molar refractivity (Wildman–Crippen MR) is 228 cm³/mol. The van der Waals surface area contributed by atoms with E-state index in [0.29, 0.717) is 5.56 Å². The molecular formula is C44H50O26. The Morgan fingerprint density at radius 3 is 1.84 bits per heavy atom. The maximum Gasteiger partial charge on any atom is 0.330 e. The zero-order valence-electron chi connectivity index (χ0n) is 36.6. The molecule has 26 nitrogen and oxygen atoms in total. The largest absolute Gasteiger partial charge is 0.507 e. The molecular weight excluding hydrogens is 944 g/mol. The minimum absolute atomic E-state index is 0.0302. The molecule has 14 N–H and O–H groups in total. The SMILES string of the molecule is COc1cc(/C=C/C(=O)OC[C@H]2O[C@@H](O[C@H]3[C@H](Oc4c(-c5ccc(O)c(O)c5)oc5cc(O[C@@H]6O[C@H](CO)[C@@H](O)[C@H](O)[C@H]6O)cc(O)c5c4=O)O[C@H](CO)[C@@H](O)[C@@H]3O)[C@H](O)[C@@H](O)[C@@H]2O)cc(OC)c1O. The van der Waals surface area contributed by atoms with E-state index in [1.54, 1.807) is 0 Å². The number of fused-ring (bicyclic) bond motifs is 1. The van der Waals surface area contributed by atoms with Crippen molar-refractivity contribution >= 4 is 23.0 Å². The molecule has 0 unspecified atom stereocenters. The van der Waals surface area contributed by atoms with Gasteiger partial charge in [0.15, 0.2) is 41.2 Å². The van der Waals surface area contributed by atoms with Gasteiger partial charge in [-0.05, 0) is 42.0 Å². The van der Waals surface area contributed by atoms with Gasteiger partial charge < -0.3 is 119 Å². The van der Waals surface area contributed by atoms with Crippen LogP contribution in [0.4, 0.5) is 0 Å². The first kappa shape index (κ1) is 51.8. The number of aliphatic hydroxyl groups is 10. The number of aromatic hydroxyl groups is 4. The van der Waals surface area contributed by atoms with Crippen LogP contribution in [0.15, 0.2) is 57.8 Å². The molecule has 7 rings (SSSR count). The summed E-state index contributed by atoms with van der Waals surface area (Å²) in [4.78, 5) is 27.2. The number of hydrogen-bond acceptors (Lipinski definition) is 26. The fourth-order valence-electron chi connectivity index (χ4n) is 7.71. The molecule has 0 saturated carbocycles. The van der Waals surface area contributed by atoms with Crippen LogP contribution in [0.3, 0.4) is 0 Å². The molecule has 382 valence electrons. The van der Waals surface area contributed by atoms with Crippen LogP contribution >= 0.6 is 0 Å². The van der Waals surface area contributed by atoms with Crippen molar-refractivity contribution in [2.24, 2.45) is 0 Å². The number of methoxy groups -OCH3 is 2. The molecule has 3 aromatic carbocycles. The van der Waals surface area contributed by atoms with Crippen LogP contribution in [0.5, 0.6) is 46.0 Å². The van der Waals surface area contributed by atoms with Gasteiger partial charge in [0.25, 0.3) is 0 Å². The van der Waals surface area contributed by atoms with Crippen molar-refractivity contribution in [1.29, 1.82) is 0 Å². The normalized spacial score (nSPS) is 31.3. The highest BCUT2D eigenvalue weighted by Crippen LogP contribution is 2.41. The number of carbonyl (C=O) groups is 1. The lowest BCUT2D eigenvalue weighted by molar-refractivity contribution is -0.358. The molecule has 1 aromatic heterocycles. The molecule has 3 aliphatic heterocycles. The minimum Gasteiger partial charge on any atom is -0.507 e. The van der Waals surface area contributed by atoms with Crippen molar-refractivity contribution in [2.75, 3.05) is 34.0 Å². The van der Waals surface area contributed by atoms with Crippen LogP contribution in [-0.4, -0.2) is 204 Å². The molecule has 4 heterocycles. The van der Waals surface area contributed by atoms with Gasteiger partial charge >= 0.3 is 5.97 Å². The lowest BCUT2D eigenvalue weighted by atomic mass is 9.97. The van der Waals surface area contributed by atoms with Crippen LogP contribution in [0.2, 0.25) is 0 Å². The smallest absolute Gasteiger partial charge is 0.330 e. The van der Waals surface area contributed by atoms with E-state index in [2.05, 4.69) is 0 Å². The lowest BCUT2D eigenvalue weighted by Crippen LogP contribution is -2.65. The molecule has 15 atom stereocenters. The molecule has 70 heavy (non-hydrogen) atoms. The number of phenols is 4. The van der Waals surface area contributed by atoms with Gasteiger partial charge in [0.05, 0.1) is 27.4 Å². The van der Waals surface area contributed by atoms with Crippen molar-refractivity contribution in [3.63, 3.8) is 0 Å². The molecule has 3 fully saturated rings. The highest BCUT2D eigenvalue weighted by atomic mass is 16.8. The number of hydrogen-bond donors (Lipinski definition) is 14. The summed E-state index contributed by atoms with van der Waals surface area (Å²) >= 11 is 0. The summed E-state index contributed by atoms with van der Waals surface area (Å²) < 4.78 is 55.7. The maximum atomic E-state index is 14.5. The van der Waals surface area contributed by atoms with E-state index >= 15 is 0 Å². The number of phenolic OH excluding ortho intramolecular Hbond substituents is 4. The minimum atomic E-state index is -2.14. The Kier molecular flexibility index (Phi) is 15.9. The van der Waals surface area contributed by atoms with Crippen LogP contribution in [0, 0.1) is 0 Å². The van der Waals surface area contributed by atoms with Crippen molar-refractivity contribution in [2.45, 2.75) is 92.1 Å². The Morgan fingerprint density at radius 1 is 0.643 bits per heavy atom. The monoisotopic (exact) mass is 994 g/mol. The topological polar surface area (TPSA) is 414 Å². The highest BCUT2D eigenvalue weighted by Gasteiger charge is 2.52. The van der Waals surface area contributed by atoms with Gasteiger partial charge in [-0.2, -0.15) is 0 Å². The van der Waals surface area contributed by atoms with Crippen molar-refractivity contribution in [3.05, 3.63) is 64.3 Å². The summed E-state index contributed by atoms with van der Waals surface area (Å²) in [5, 5.41) is 147. The average molecular weight is 995 g/mol. The second kappa shape index (κ2) is 21.5. The molecule has 0 amide bonds. The van der Waals surface area contributed by atoms with E-state index < -0.39 is 163 Å². The highest BCUT2D eigenvalue weighted by molar-refractivity contribution is 5.89. The Labute approximate surface area is 393 Å². The predicted octanol–water partition coefficient (Wildman–Crippen LogP) is -3.25. The summed E-state index contributed by atoms with van der Waals surface area (Å²) in [7, 11) is 2.59. The van der Waals surface area contributed by atoms with Crippen molar-refractivity contribution < 1.29 is 123 Å². The Balaban J connectivity index is 1.18. The number of benzene rings is 3. The first-order valence-electron chi connectivity index (χ1n) is 21.1. The molecule has 4 aromatic rings. The Hall–Kier alpha value is -6.08. The van der Waals surface area contributed by atoms with Gasteiger partial charge in [-0.1, -0.05) is 0 Å². The molecule has 0 aliphatic carbocycles. The summed E-state index contributed by atoms with van der Waals surface area (Å²) in [5.74, 6) is -5.29. The van der Waals surface area contributed by atoms with E-state index in [-0.39, 0.29) is 28.6 Å². The van der Waals surface area contributed by atoms with Crippen LogP contribution in [0.1, 0.15) is 5.56 Å². The van der Waals surface area contributed by atoms with E-state index in [1.165, 1.54) is 32.4 Å². The third kappa shape index (κ3) is 10.4. The number of aliphatic hydroxyl groups excluding tert-OH is 10. The average Bonchev–Trinajstić information content (AvgIpc) is 3.34. The maximum absolute atomic E-state index is 14.5.